The van der Waals surface area contributed by atoms with Crippen molar-refractivity contribution in [3.05, 3.63) is 81.2 Å². The highest BCUT2D eigenvalue weighted by molar-refractivity contribution is 14.1. The molecule has 2 aromatic rings. The second-order valence-corrected chi connectivity index (χ2v) is 11.0. The number of hydrogen-bond donors (Lipinski definition) is 3. The molecule has 0 aromatic heterocycles. The van der Waals surface area contributed by atoms with Gasteiger partial charge in [-0.05, 0) is 66.1 Å². The summed E-state index contributed by atoms with van der Waals surface area (Å²) in [7, 11) is 1.41. The number of ether oxygens (including phenoxy) is 2. The molecule has 0 saturated heterocycles. The number of carbonyl (C=O) groups excluding carboxylic acids is 3. The average molecular weight is 695 g/mol. The summed E-state index contributed by atoms with van der Waals surface area (Å²) in [6, 6.07) is 8.23. The molecular weight excluding hydrogens is 658 g/mol. The quantitative estimate of drug-likeness (QED) is 0.112. The predicted octanol–water partition coefficient (Wildman–Crippen LogP) is 3.94. The largest absolute Gasteiger partial charge is 0.493 e. The molecule has 0 unspecified atom stereocenters. The van der Waals surface area contributed by atoms with E-state index in [1.54, 1.807) is 30.3 Å². The summed E-state index contributed by atoms with van der Waals surface area (Å²) in [4.78, 5) is 39.5. The van der Waals surface area contributed by atoms with Gasteiger partial charge in [0.2, 0.25) is 11.8 Å². The fourth-order valence-electron chi connectivity index (χ4n) is 4.75. The molecule has 42 heavy (non-hydrogen) atoms. The van der Waals surface area contributed by atoms with Crippen molar-refractivity contribution < 1.29 is 38.5 Å². The van der Waals surface area contributed by atoms with Crippen molar-refractivity contribution in [2.45, 2.75) is 56.9 Å². The van der Waals surface area contributed by atoms with Gasteiger partial charge in [0, 0.05) is 42.6 Å². The van der Waals surface area contributed by atoms with Crippen LogP contribution in [0.5, 0.6) is 11.5 Å². The van der Waals surface area contributed by atoms with E-state index >= 15 is 0 Å². The minimum Gasteiger partial charge on any atom is -0.493 e. The van der Waals surface area contributed by atoms with Crippen LogP contribution in [-0.4, -0.2) is 71.7 Å². The molecule has 2 amide bonds. The van der Waals surface area contributed by atoms with Gasteiger partial charge in [0.05, 0.1) is 23.3 Å². The summed E-state index contributed by atoms with van der Waals surface area (Å²) < 4.78 is 26.9. The highest BCUT2D eigenvalue weighted by atomic mass is 127. The van der Waals surface area contributed by atoms with Crippen molar-refractivity contribution in [1.82, 2.24) is 10.2 Å². The number of carbonyl (C=O) groups is 3. The average Bonchev–Trinajstić information content (AvgIpc) is 2.99. The van der Waals surface area contributed by atoms with Gasteiger partial charge in [-0.1, -0.05) is 24.3 Å². The molecule has 226 valence electrons. The van der Waals surface area contributed by atoms with Gasteiger partial charge in [0.25, 0.3) is 0 Å². The Morgan fingerprint density at radius 2 is 2.02 bits per heavy atom. The molecule has 2 aromatic carbocycles. The van der Waals surface area contributed by atoms with Crippen LogP contribution in [0.25, 0.3) is 0 Å². The van der Waals surface area contributed by atoms with Crippen LogP contribution in [0, 0.1) is 9.39 Å². The molecule has 3 N–H and O–H groups in total. The van der Waals surface area contributed by atoms with E-state index in [1.807, 2.05) is 22.6 Å². The number of rotatable bonds is 15. The van der Waals surface area contributed by atoms with Crippen LogP contribution in [0.3, 0.4) is 0 Å². The predicted molar refractivity (Wildman–Crippen MR) is 164 cm³/mol. The first kappa shape index (κ1) is 33.2. The Balaban J connectivity index is 2.03. The molecule has 3 atom stereocenters. The fraction of sp³-hybridized carbons (Fsp3) is 0.387. The third-order valence-electron chi connectivity index (χ3n) is 6.92. The van der Waals surface area contributed by atoms with Crippen LogP contribution >= 0.6 is 22.6 Å². The molecule has 1 aliphatic rings. The highest BCUT2D eigenvalue weighted by Gasteiger charge is 2.41. The van der Waals surface area contributed by atoms with Gasteiger partial charge in [0.15, 0.2) is 11.5 Å². The molecule has 11 heteroatoms. The molecule has 0 aliphatic heterocycles. The van der Waals surface area contributed by atoms with E-state index in [-0.39, 0.29) is 61.1 Å². The first-order valence-electron chi connectivity index (χ1n) is 13.6. The van der Waals surface area contributed by atoms with Crippen LogP contribution < -0.4 is 14.8 Å². The Hall–Kier alpha value is -3.29. The Labute approximate surface area is 258 Å². The van der Waals surface area contributed by atoms with Crippen LogP contribution in [0.2, 0.25) is 0 Å². The third-order valence-corrected chi connectivity index (χ3v) is 7.73. The molecule has 0 fully saturated rings. The highest BCUT2D eigenvalue weighted by Crippen LogP contribution is 2.37. The van der Waals surface area contributed by atoms with Crippen molar-refractivity contribution in [3.8, 4) is 11.5 Å². The van der Waals surface area contributed by atoms with Crippen LogP contribution in [0.4, 0.5) is 4.39 Å². The smallest absolute Gasteiger partial charge is 0.247 e. The summed E-state index contributed by atoms with van der Waals surface area (Å²) >= 11 is 1.98. The Morgan fingerprint density at radius 1 is 1.26 bits per heavy atom. The van der Waals surface area contributed by atoms with E-state index in [9.17, 15) is 29.0 Å². The number of aldehydes is 1. The molecule has 9 nitrogen and oxygen atoms in total. The van der Waals surface area contributed by atoms with E-state index in [0.29, 0.717) is 21.8 Å². The van der Waals surface area contributed by atoms with Crippen molar-refractivity contribution in [1.29, 1.82) is 0 Å². The first-order valence-corrected chi connectivity index (χ1v) is 14.7. The van der Waals surface area contributed by atoms with Gasteiger partial charge < -0.3 is 29.9 Å². The van der Waals surface area contributed by atoms with Gasteiger partial charge in [-0.2, -0.15) is 0 Å². The Bertz CT molecular complexity index is 1300. The van der Waals surface area contributed by atoms with Gasteiger partial charge in [-0.15, -0.1) is 6.58 Å². The molecule has 3 rings (SSSR count). The number of aliphatic hydroxyl groups is 2. The van der Waals surface area contributed by atoms with Crippen molar-refractivity contribution in [2.75, 3.05) is 20.3 Å². The SMILES string of the molecule is C=CCCCCC(=O)N(Cc1ccccc1F)[C@@H]1CC(C(=O)NCCO)=C[C@H](Oc2c(I)cc(C=O)cc2OC)[C@H]1O. The molecular formula is C31H36FIN2O7. The van der Waals surface area contributed by atoms with Gasteiger partial charge in [0.1, 0.15) is 24.3 Å². The zero-order valence-electron chi connectivity index (χ0n) is 23.4. The lowest BCUT2D eigenvalue weighted by Gasteiger charge is -2.41. The van der Waals surface area contributed by atoms with E-state index in [2.05, 4.69) is 11.9 Å². The zero-order valence-corrected chi connectivity index (χ0v) is 25.6. The van der Waals surface area contributed by atoms with E-state index < -0.39 is 30.0 Å². The number of methoxy groups -OCH3 is 1. The van der Waals surface area contributed by atoms with Crippen molar-refractivity contribution >= 4 is 40.7 Å². The summed E-state index contributed by atoms with van der Waals surface area (Å²) in [6.45, 7) is 3.32. The fourth-order valence-corrected chi connectivity index (χ4v) is 5.50. The molecule has 0 heterocycles. The summed E-state index contributed by atoms with van der Waals surface area (Å²) in [5.74, 6) is -0.789. The second kappa shape index (κ2) is 16.4. The van der Waals surface area contributed by atoms with E-state index in [4.69, 9.17) is 9.47 Å². The van der Waals surface area contributed by atoms with Gasteiger partial charge in [-0.3, -0.25) is 14.4 Å². The number of hydrogen-bond acceptors (Lipinski definition) is 7. The molecule has 0 radical (unpaired) electrons. The second-order valence-electron chi connectivity index (χ2n) is 9.82. The summed E-state index contributed by atoms with van der Waals surface area (Å²) in [5.41, 5.74) is 0.867. The summed E-state index contributed by atoms with van der Waals surface area (Å²) in [6.07, 6.45) is 3.68. The third kappa shape index (κ3) is 8.62. The maximum Gasteiger partial charge on any atom is 0.247 e. The minimum absolute atomic E-state index is 0.00890. The Kier molecular flexibility index (Phi) is 12.9. The van der Waals surface area contributed by atoms with Crippen LogP contribution in [0.1, 0.15) is 48.0 Å². The normalized spacial score (nSPS) is 18.0. The number of benzene rings is 2. The van der Waals surface area contributed by atoms with Gasteiger partial charge in [-0.25, -0.2) is 4.39 Å². The first-order chi connectivity index (χ1) is 20.2. The lowest BCUT2D eigenvalue weighted by molar-refractivity contribution is -0.139. The molecule has 0 bridgehead atoms. The molecule has 0 spiro atoms. The number of nitrogens with one attached hydrogen (secondary N) is 1. The standard InChI is InChI=1S/C31H36FIN2O7/c1-3-4-5-6-11-28(38)35(18-21-9-7-8-10-23(21)32)25-16-22(31(40)34-12-13-36)17-26(29(25)39)42-30-24(33)14-20(19-37)15-27(30)41-2/h3,7-10,14-15,17,19,25-26,29,36,39H,1,4-6,11-13,16,18H2,2H3,(H,34,40)/t25-,26+,29+/m1/s1. The number of nitrogens with zero attached hydrogens (tertiary/aromatic N) is 1. The zero-order chi connectivity index (χ0) is 30.6. The monoisotopic (exact) mass is 694 g/mol. The number of amides is 2. The maximum absolute atomic E-state index is 14.8. The molecule has 0 saturated carbocycles. The van der Waals surface area contributed by atoms with E-state index in [1.165, 1.54) is 30.2 Å². The van der Waals surface area contributed by atoms with Crippen LogP contribution in [-0.2, 0) is 16.1 Å². The van der Waals surface area contributed by atoms with Crippen molar-refractivity contribution in [2.24, 2.45) is 0 Å². The van der Waals surface area contributed by atoms with E-state index in [0.717, 1.165) is 12.8 Å². The number of unbranched alkanes of at least 4 members (excludes halogenated alkanes) is 2. The maximum atomic E-state index is 14.8. The molecule has 1 aliphatic carbocycles. The lowest BCUT2D eigenvalue weighted by atomic mass is 9.87. The van der Waals surface area contributed by atoms with Gasteiger partial charge >= 0.3 is 0 Å². The lowest BCUT2D eigenvalue weighted by Crippen LogP contribution is -2.54. The summed E-state index contributed by atoms with van der Waals surface area (Å²) in [5, 5.41) is 23.5. The Morgan fingerprint density at radius 3 is 2.69 bits per heavy atom. The minimum atomic E-state index is -1.31. The van der Waals surface area contributed by atoms with Crippen molar-refractivity contribution in [3.63, 3.8) is 0 Å². The van der Waals surface area contributed by atoms with Crippen LogP contribution in [0.15, 0.2) is 60.7 Å². The number of aliphatic hydroxyl groups excluding tert-OH is 2. The number of allylic oxidation sites excluding steroid dienone is 1. The number of halogens is 2. The topological polar surface area (TPSA) is 125 Å².